The van der Waals surface area contributed by atoms with Crippen molar-refractivity contribution >= 4 is 33.2 Å². The summed E-state index contributed by atoms with van der Waals surface area (Å²) in [6.45, 7) is 2.83. The SMILES string of the molecule is COc1ccc(OC)c(CN2CCN(S(=O)(=O)Cc3ccc(Cl)c(Cl)c3)CC2)c1. The van der Waals surface area contributed by atoms with Crippen LogP contribution >= 0.6 is 23.2 Å². The first-order valence-corrected chi connectivity index (χ1v) is 11.5. The minimum absolute atomic E-state index is 0.0897. The molecule has 6 nitrogen and oxygen atoms in total. The zero-order valence-corrected chi connectivity index (χ0v) is 18.7. The number of hydrogen-bond donors (Lipinski definition) is 0. The van der Waals surface area contributed by atoms with E-state index in [0.29, 0.717) is 48.3 Å². The lowest BCUT2D eigenvalue weighted by Crippen LogP contribution is -2.48. The van der Waals surface area contributed by atoms with Gasteiger partial charge in [-0.05, 0) is 35.9 Å². The quantitative estimate of drug-likeness (QED) is 0.633. The molecule has 1 fully saturated rings. The van der Waals surface area contributed by atoms with Crippen molar-refractivity contribution in [3.63, 3.8) is 0 Å². The van der Waals surface area contributed by atoms with Gasteiger partial charge < -0.3 is 9.47 Å². The highest BCUT2D eigenvalue weighted by molar-refractivity contribution is 7.88. The molecule has 1 heterocycles. The fourth-order valence-electron chi connectivity index (χ4n) is 3.34. The number of hydrogen-bond acceptors (Lipinski definition) is 5. The highest BCUT2D eigenvalue weighted by Gasteiger charge is 2.27. The van der Waals surface area contributed by atoms with Crippen LogP contribution in [0, 0.1) is 0 Å². The molecule has 0 saturated carbocycles. The van der Waals surface area contributed by atoms with Gasteiger partial charge in [-0.2, -0.15) is 4.31 Å². The Hall–Kier alpha value is -1.51. The van der Waals surface area contributed by atoms with E-state index in [1.807, 2.05) is 18.2 Å². The Kier molecular flexibility index (Phi) is 7.29. The largest absolute Gasteiger partial charge is 0.497 e. The molecule has 29 heavy (non-hydrogen) atoms. The third kappa shape index (κ3) is 5.55. The second-order valence-electron chi connectivity index (χ2n) is 6.86. The summed E-state index contributed by atoms with van der Waals surface area (Å²) in [5.74, 6) is 1.47. The summed E-state index contributed by atoms with van der Waals surface area (Å²) < 4.78 is 37.9. The Balaban J connectivity index is 1.62. The van der Waals surface area contributed by atoms with Gasteiger partial charge in [0.1, 0.15) is 11.5 Å². The maximum Gasteiger partial charge on any atom is 0.218 e. The van der Waals surface area contributed by atoms with Crippen LogP contribution in [0.1, 0.15) is 11.1 Å². The average Bonchev–Trinajstić information content (AvgIpc) is 2.71. The lowest BCUT2D eigenvalue weighted by Gasteiger charge is -2.34. The van der Waals surface area contributed by atoms with Crippen molar-refractivity contribution in [3.05, 3.63) is 57.6 Å². The smallest absolute Gasteiger partial charge is 0.218 e. The minimum Gasteiger partial charge on any atom is -0.497 e. The molecule has 1 saturated heterocycles. The Bertz CT molecular complexity index is 961. The summed E-state index contributed by atoms with van der Waals surface area (Å²) in [5, 5.41) is 0.769. The Morgan fingerprint density at radius 2 is 1.66 bits per heavy atom. The van der Waals surface area contributed by atoms with E-state index in [4.69, 9.17) is 32.7 Å². The van der Waals surface area contributed by atoms with Crippen LogP contribution in [0.25, 0.3) is 0 Å². The molecule has 2 aromatic rings. The summed E-state index contributed by atoms with van der Waals surface area (Å²) in [6, 6.07) is 10.6. The molecule has 1 aliphatic heterocycles. The number of benzene rings is 2. The summed E-state index contributed by atoms with van der Waals surface area (Å²) in [7, 11) is -0.160. The molecule has 3 rings (SSSR count). The average molecular weight is 459 g/mol. The standard InChI is InChI=1S/C20H24Cl2N2O4S/c1-27-17-4-6-20(28-2)16(12-17)13-23-7-9-24(10-8-23)29(25,26)14-15-3-5-18(21)19(22)11-15/h3-6,11-12H,7-10,13-14H2,1-2H3. The van der Waals surface area contributed by atoms with Crippen LogP contribution in [0.3, 0.4) is 0 Å². The number of nitrogens with zero attached hydrogens (tertiary/aromatic N) is 2. The van der Waals surface area contributed by atoms with Crippen LogP contribution in [-0.4, -0.2) is 58.0 Å². The lowest BCUT2D eigenvalue weighted by molar-refractivity contribution is 0.179. The van der Waals surface area contributed by atoms with Crippen molar-refractivity contribution < 1.29 is 17.9 Å². The molecule has 0 atom stereocenters. The second kappa shape index (κ2) is 9.53. The van der Waals surface area contributed by atoms with Crippen LogP contribution < -0.4 is 9.47 Å². The van der Waals surface area contributed by atoms with Gasteiger partial charge in [-0.15, -0.1) is 0 Å². The number of rotatable bonds is 7. The van der Waals surface area contributed by atoms with Gasteiger partial charge in [0.25, 0.3) is 0 Å². The fourth-order valence-corrected chi connectivity index (χ4v) is 5.17. The van der Waals surface area contributed by atoms with Gasteiger partial charge in [0.05, 0.1) is 30.0 Å². The molecule has 0 bridgehead atoms. The van der Waals surface area contributed by atoms with Gasteiger partial charge in [0.2, 0.25) is 10.0 Å². The van der Waals surface area contributed by atoms with Crippen molar-refractivity contribution in [1.82, 2.24) is 9.21 Å². The topological polar surface area (TPSA) is 59.1 Å². The van der Waals surface area contributed by atoms with Crippen molar-refractivity contribution in [3.8, 4) is 11.5 Å². The van der Waals surface area contributed by atoms with Crippen LogP contribution in [0.4, 0.5) is 0 Å². The van der Waals surface area contributed by atoms with Crippen molar-refractivity contribution in [2.75, 3.05) is 40.4 Å². The van der Waals surface area contributed by atoms with E-state index in [1.165, 1.54) is 4.31 Å². The van der Waals surface area contributed by atoms with Crippen molar-refractivity contribution in [2.24, 2.45) is 0 Å². The molecule has 158 valence electrons. The van der Waals surface area contributed by atoms with E-state index in [-0.39, 0.29) is 5.75 Å². The Morgan fingerprint density at radius 1 is 0.931 bits per heavy atom. The van der Waals surface area contributed by atoms with E-state index >= 15 is 0 Å². The monoisotopic (exact) mass is 458 g/mol. The zero-order valence-electron chi connectivity index (χ0n) is 16.4. The van der Waals surface area contributed by atoms with Crippen molar-refractivity contribution in [1.29, 1.82) is 0 Å². The second-order valence-corrected chi connectivity index (χ2v) is 9.64. The van der Waals surface area contributed by atoms with Crippen LogP contribution in [0.2, 0.25) is 10.0 Å². The number of halogens is 2. The molecule has 2 aromatic carbocycles. The lowest BCUT2D eigenvalue weighted by atomic mass is 10.1. The number of sulfonamides is 1. The minimum atomic E-state index is -3.43. The van der Waals surface area contributed by atoms with Crippen LogP contribution in [0.5, 0.6) is 11.5 Å². The maximum absolute atomic E-state index is 12.8. The summed E-state index contributed by atoms with van der Waals surface area (Å²) in [6.07, 6.45) is 0. The molecule has 0 radical (unpaired) electrons. The molecular weight excluding hydrogens is 435 g/mol. The number of ether oxygens (including phenoxy) is 2. The predicted molar refractivity (Wildman–Crippen MR) is 115 cm³/mol. The molecule has 9 heteroatoms. The first kappa shape index (κ1) is 22.2. The summed E-state index contributed by atoms with van der Waals surface area (Å²) >= 11 is 11.9. The van der Waals surface area contributed by atoms with Crippen LogP contribution in [0.15, 0.2) is 36.4 Å². The summed E-state index contributed by atoms with van der Waals surface area (Å²) in [5.41, 5.74) is 1.64. The normalized spacial score (nSPS) is 16.0. The molecule has 0 N–H and O–H groups in total. The predicted octanol–water partition coefficient (Wildman–Crippen LogP) is 3.66. The van der Waals surface area contributed by atoms with Gasteiger partial charge in [-0.25, -0.2) is 8.42 Å². The third-order valence-corrected chi connectivity index (χ3v) is 7.53. The van der Waals surface area contributed by atoms with Gasteiger partial charge in [0, 0.05) is 38.3 Å². The van der Waals surface area contributed by atoms with Gasteiger partial charge in [-0.1, -0.05) is 29.3 Å². The summed E-state index contributed by atoms with van der Waals surface area (Å²) in [4.78, 5) is 2.21. The molecule has 0 unspecified atom stereocenters. The Labute approximate surface area is 182 Å². The molecule has 1 aliphatic rings. The molecular formula is C20H24Cl2N2O4S. The van der Waals surface area contributed by atoms with E-state index in [2.05, 4.69) is 4.90 Å². The van der Waals surface area contributed by atoms with E-state index in [9.17, 15) is 8.42 Å². The van der Waals surface area contributed by atoms with Crippen molar-refractivity contribution in [2.45, 2.75) is 12.3 Å². The third-order valence-electron chi connectivity index (χ3n) is 4.94. The molecule has 0 aliphatic carbocycles. The van der Waals surface area contributed by atoms with E-state index in [1.54, 1.807) is 32.4 Å². The molecule has 0 aromatic heterocycles. The Morgan fingerprint density at radius 3 is 2.28 bits per heavy atom. The van der Waals surface area contributed by atoms with Gasteiger partial charge >= 0.3 is 0 Å². The highest BCUT2D eigenvalue weighted by Crippen LogP contribution is 2.27. The maximum atomic E-state index is 12.8. The fraction of sp³-hybridized carbons (Fsp3) is 0.400. The number of methoxy groups -OCH3 is 2. The molecule has 0 amide bonds. The van der Waals surface area contributed by atoms with Crippen LogP contribution in [-0.2, 0) is 22.3 Å². The van der Waals surface area contributed by atoms with Gasteiger partial charge in [0.15, 0.2) is 0 Å². The number of piperazine rings is 1. The highest BCUT2D eigenvalue weighted by atomic mass is 35.5. The van der Waals surface area contributed by atoms with E-state index < -0.39 is 10.0 Å². The molecule has 0 spiro atoms. The first-order chi connectivity index (χ1) is 13.8. The first-order valence-electron chi connectivity index (χ1n) is 9.17. The van der Waals surface area contributed by atoms with Gasteiger partial charge in [-0.3, -0.25) is 4.90 Å². The zero-order chi connectivity index (χ0) is 21.0. The van der Waals surface area contributed by atoms with E-state index in [0.717, 1.165) is 17.1 Å².